The van der Waals surface area contributed by atoms with Gasteiger partial charge in [0.05, 0.1) is 23.4 Å². The van der Waals surface area contributed by atoms with Crippen molar-refractivity contribution >= 4 is 40.4 Å². The summed E-state index contributed by atoms with van der Waals surface area (Å²) >= 11 is 7.42. The molecule has 136 valence electrons. The smallest absolute Gasteiger partial charge is 0.313 e. The highest BCUT2D eigenvalue weighted by Crippen LogP contribution is 2.26. The fourth-order valence-corrected chi connectivity index (χ4v) is 3.40. The molecule has 0 aliphatic rings. The summed E-state index contributed by atoms with van der Waals surface area (Å²) in [7, 11) is 0. The number of hydrogen-bond acceptors (Lipinski definition) is 5. The van der Waals surface area contributed by atoms with Gasteiger partial charge in [-0.1, -0.05) is 11.6 Å². The second-order valence-corrected chi connectivity index (χ2v) is 6.81. The maximum Gasteiger partial charge on any atom is 0.313 e. The molecule has 2 heterocycles. The molecule has 2 amide bonds. The van der Waals surface area contributed by atoms with Crippen LogP contribution in [-0.2, 0) is 9.59 Å². The molecule has 2 N–H and O–H groups in total. The number of hydrogen-bond donors (Lipinski definition) is 2. The van der Waals surface area contributed by atoms with E-state index in [0.717, 1.165) is 5.56 Å². The molecule has 1 atom stereocenters. The molecule has 0 aliphatic heterocycles. The van der Waals surface area contributed by atoms with Crippen LogP contribution in [0.4, 0.5) is 5.69 Å². The number of carbonyl (C=O) groups is 2. The van der Waals surface area contributed by atoms with E-state index in [2.05, 4.69) is 10.6 Å². The molecule has 27 heavy (non-hydrogen) atoms. The third kappa shape index (κ3) is 4.56. The summed E-state index contributed by atoms with van der Waals surface area (Å²) in [5.74, 6) is -1.21. The zero-order valence-electron chi connectivity index (χ0n) is 13.9. The van der Waals surface area contributed by atoms with Gasteiger partial charge in [0.2, 0.25) is 0 Å². The van der Waals surface area contributed by atoms with Crippen molar-refractivity contribution in [3.05, 3.63) is 75.3 Å². The first kappa shape index (κ1) is 18.7. The summed E-state index contributed by atoms with van der Waals surface area (Å²) in [5.41, 5.74) is 1.38. The van der Waals surface area contributed by atoms with Crippen LogP contribution in [0, 0.1) is 11.3 Å². The predicted molar refractivity (Wildman–Crippen MR) is 103 cm³/mol. The molecule has 1 aromatic carbocycles. The van der Waals surface area contributed by atoms with E-state index in [1.54, 1.807) is 12.3 Å². The van der Waals surface area contributed by atoms with Gasteiger partial charge in [0.15, 0.2) is 0 Å². The molecule has 0 aliphatic carbocycles. The molecular weight excluding hydrogens is 386 g/mol. The Kier molecular flexibility index (Phi) is 5.91. The average molecular weight is 400 g/mol. The van der Waals surface area contributed by atoms with Gasteiger partial charge in [0, 0.05) is 11.6 Å². The lowest BCUT2D eigenvalue weighted by atomic mass is 9.99. The summed E-state index contributed by atoms with van der Waals surface area (Å²) in [5, 5.41) is 18.4. The molecule has 0 bridgehead atoms. The Labute approximate surface area is 164 Å². The van der Waals surface area contributed by atoms with Crippen molar-refractivity contribution < 1.29 is 14.0 Å². The fourth-order valence-electron chi connectivity index (χ4n) is 2.52. The van der Waals surface area contributed by atoms with Crippen molar-refractivity contribution in [2.24, 2.45) is 0 Å². The number of amides is 2. The highest BCUT2D eigenvalue weighted by Gasteiger charge is 2.21. The molecule has 0 fully saturated rings. The van der Waals surface area contributed by atoms with Gasteiger partial charge in [-0.3, -0.25) is 9.59 Å². The molecule has 0 spiro atoms. The standard InChI is InChI=1S/C19H14ClN3O3S/c20-14-4-3-12(9-21)16(8-14)23-19(25)18(24)22-10-15(13-5-7-27-11-13)17-2-1-6-26-17/h1-8,11,15H,10H2,(H,22,24)(H,23,25). The molecule has 0 saturated heterocycles. The van der Waals surface area contributed by atoms with Crippen molar-refractivity contribution in [3.8, 4) is 6.07 Å². The monoisotopic (exact) mass is 399 g/mol. The minimum Gasteiger partial charge on any atom is -0.469 e. The Hall–Kier alpha value is -3.08. The number of nitrogens with zero attached hydrogens (tertiary/aromatic N) is 1. The van der Waals surface area contributed by atoms with E-state index < -0.39 is 11.8 Å². The summed E-state index contributed by atoms with van der Waals surface area (Å²) < 4.78 is 5.45. The van der Waals surface area contributed by atoms with E-state index in [0.29, 0.717) is 10.8 Å². The van der Waals surface area contributed by atoms with Crippen LogP contribution >= 0.6 is 22.9 Å². The first-order chi connectivity index (χ1) is 13.1. The number of nitriles is 1. The number of rotatable bonds is 5. The first-order valence-corrected chi connectivity index (χ1v) is 9.25. The molecule has 1 unspecified atom stereocenters. The summed E-state index contributed by atoms with van der Waals surface area (Å²) in [6.07, 6.45) is 1.56. The van der Waals surface area contributed by atoms with Gasteiger partial charge in [-0.15, -0.1) is 0 Å². The van der Waals surface area contributed by atoms with Crippen molar-refractivity contribution in [1.82, 2.24) is 5.32 Å². The van der Waals surface area contributed by atoms with Crippen LogP contribution in [0.15, 0.2) is 57.8 Å². The second kappa shape index (κ2) is 8.54. The van der Waals surface area contributed by atoms with E-state index >= 15 is 0 Å². The largest absolute Gasteiger partial charge is 0.469 e. The molecule has 0 radical (unpaired) electrons. The van der Waals surface area contributed by atoms with E-state index in [4.69, 9.17) is 21.3 Å². The Morgan fingerprint density at radius 1 is 1.26 bits per heavy atom. The first-order valence-electron chi connectivity index (χ1n) is 7.93. The van der Waals surface area contributed by atoms with Crippen LogP contribution in [0.5, 0.6) is 0 Å². The SMILES string of the molecule is N#Cc1ccc(Cl)cc1NC(=O)C(=O)NCC(c1ccsc1)c1ccco1. The van der Waals surface area contributed by atoms with E-state index in [1.165, 1.54) is 29.5 Å². The number of furan rings is 1. The van der Waals surface area contributed by atoms with E-state index in [1.807, 2.05) is 29.0 Å². The van der Waals surface area contributed by atoms with Gasteiger partial charge in [-0.25, -0.2) is 0 Å². The Morgan fingerprint density at radius 3 is 2.78 bits per heavy atom. The lowest BCUT2D eigenvalue weighted by Crippen LogP contribution is -2.37. The number of benzene rings is 1. The number of thiophene rings is 1. The quantitative estimate of drug-likeness (QED) is 0.638. The van der Waals surface area contributed by atoms with E-state index in [9.17, 15) is 9.59 Å². The van der Waals surface area contributed by atoms with Gasteiger partial charge in [0.1, 0.15) is 11.8 Å². The Morgan fingerprint density at radius 2 is 2.11 bits per heavy atom. The molecular formula is C19H14ClN3O3S. The minimum atomic E-state index is -0.878. The highest BCUT2D eigenvalue weighted by atomic mass is 35.5. The predicted octanol–water partition coefficient (Wildman–Crippen LogP) is 3.75. The topological polar surface area (TPSA) is 95.1 Å². The van der Waals surface area contributed by atoms with Crippen molar-refractivity contribution in [2.45, 2.75) is 5.92 Å². The van der Waals surface area contributed by atoms with Gasteiger partial charge >= 0.3 is 11.8 Å². The minimum absolute atomic E-state index is 0.186. The molecule has 3 rings (SSSR count). The number of carbonyl (C=O) groups excluding carboxylic acids is 2. The third-order valence-electron chi connectivity index (χ3n) is 3.86. The van der Waals surface area contributed by atoms with Crippen LogP contribution in [0.2, 0.25) is 5.02 Å². The number of halogens is 1. The highest BCUT2D eigenvalue weighted by molar-refractivity contribution is 7.08. The van der Waals surface area contributed by atoms with E-state index in [-0.39, 0.29) is 23.7 Å². The number of anilines is 1. The maximum atomic E-state index is 12.2. The van der Waals surface area contributed by atoms with Gasteiger partial charge in [-0.2, -0.15) is 16.6 Å². The van der Waals surface area contributed by atoms with Crippen molar-refractivity contribution in [1.29, 1.82) is 5.26 Å². The Balaban J connectivity index is 1.67. The molecule has 0 saturated carbocycles. The molecule has 2 aromatic heterocycles. The third-order valence-corrected chi connectivity index (χ3v) is 4.79. The lowest BCUT2D eigenvalue weighted by molar-refractivity contribution is -0.136. The zero-order chi connectivity index (χ0) is 19.2. The molecule has 3 aromatic rings. The van der Waals surface area contributed by atoms with Gasteiger partial charge in [-0.05, 0) is 52.7 Å². The lowest BCUT2D eigenvalue weighted by Gasteiger charge is -2.14. The maximum absolute atomic E-state index is 12.2. The van der Waals surface area contributed by atoms with Crippen LogP contribution < -0.4 is 10.6 Å². The van der Waals surface area contributed by atoms with Crippen LogP contribution in [0.25, 0.3) is 0 Å². The van der Waals surface area contributed by atoms with Crippen molar-refractivity contribution in [3.63, 3.8) is 0 Å². The van der Waals surface area contributed by atoms with Crippen LogP contribution in [-0.4, -0.2) is 18.4 Å². The normalized spacial score (nSPS) is 11.4. The van der Waals surface area contributed by atoms with Crippen LogP contribution in [0.3, 0.4) is 0 Å². The molecule has 6 nitrogen and oxygen atoms in total. The average Bonchev–Trinajstić information content (AvgIpc) is 3.36. The summed E-state index contributed by atoms with van der Waals surface area (Å²) in [6.45, 7) is 0.192. The fraction of sp³-hybridized carbons (Fsp3) is 0.105. The number of nitrogens with one attached hydrogen (secondary N) is 2. The van der Waals surface area contributed by atoms with Gasteiger partial charge in [0.25, 0.3) is 0 Å². The summed E-state index contributed by atoms with van der Waals surface area (Å²) in [6, 6.07) is 11.9. The molecule has 8 heteroatoms. The second-order valence-electron chi connectivity index (χ2n) is 5.59. The summed E-state index contributed by atoms with van der Waals surface area (Å²) in [4.78, 5) is 24.4. The van der Waals surface area contributed by atoms with Gasteiger partial charge < -0.3 is 15.1 Å². The Bertz CT molecular complexity index is 944. The van der Waals surface area contributed by atoms with Crippen molar-refractivity contribution in [2.75, 3.05) is 11.9 Å². The van der Waals surface area contributed by atoms with Crippen LogP contribution in [0.1, 0.15) is 22.8 Å². The zero-order valence-corrected chi connectivity index (χ0v) is 15.5.